The molecule has 2 aromatic carbocycles. The van der Waals surface area contributed by atoms with Gasteiger partial charge in [0.05, 0.1) is 19.8 Å². The van der Waals surface area contributed by atoms with Gasteiger partial charge in [0.1, 0.15) is 19.1 Å². The van der Waals surface area contributed by atoms with Crippen molar-refractivity contribution >= 4 is 5.91 Å². The Morgan fingerprint density at radius 1 is 1.11 bits per heavy atom. The van der Waals surface area contributed by atoms with Crippen molar-refractivity contribution in [3.8, 4) is 11.5 Å². The van der Waals surface area contributed by atoms with E-state index in [-0.39, 0.29) is 18.7 Å². The van der Waals surface area contributed by atoms with E-state index < -0.39 is 0 Å². The highest BCUT2D eigenvalue weighted by Crippen LogP contribution is 2.33. The fourth-order valence-electron chi connectivity index (χ4n) is 3.69. The quantitative estimate of drug-likeness (QED) is 0.829. The van der Waals surface area contributed by atoms with Gasteiger partial charge in [0, 0.05) is 11.1 Å². The molecule has 0 aromatic heterocycles. The topological polar surface area (TPSA) is 61.2 Å². The lowest BCUT2D eigenvalue weighted by Crippen LogP contribution is -3.15. The molecule has 0 saturated carbocycles. The van der Waals surface area contributed by atoms with Gasteiger partial charge in [-0.15, -0.1) is 0 Å². The van der Waals surface area contributed by atoms with E-state index in [1.54, 1.807) is 0 Å². The van der Waals surface area contributed by atoms with Crippen molar-refractivity contribution in [2.24, 2.45) is 0 Å². The zero-order chi connectivity index (χ0) is 18.6. The predicted octanol–water partition coefficient (Wildman–Crippen LogP) is 1.11. The van der Waals surface area contributed by atoms with Gasteiger partial charge in [0.25, 0.3) is 5.91 Å². The normalized spacial score (nSPS) is 17.5. The average Bonchev–Trinajstić information content (AvgIpc) is 3.17. The van der Waals surface area contributed by atoms with Crippen LogP contribution in [0.15, 0.2) is 42.5 Å². The Bertz CT molecular complexity index is 818. The molecule has 1 saturated heterocycles. The lowest BCUT2D eigenvalue weighted by molar-refractivity contribution is -0.937. The van der Waals surface area contributed by atoms with Crippen molar-refractivity contribution in [2.75, 3.05) is 39.6 Å². The van der Waals surface area contributed by atoms with Crippen molar-refractivity contribution in [3.63, 3.8) is 0 Å². The van der Waals surface area contributed by atoms with Crippen LogP contribution >= 0.6 is 0 Å². The molecule has 1 fully saturated rings. The van der Waals surface area contributed by atoms with Crippen LogP contribution in [0.1, 0.15) is 27.5 Å². The zero-order valence-electron chi connectivity index (χ0n) is 15.5. The van der Waals surface area contributed by atoms with E-state index in [1.807, 2.05) is 43.3 Å². The predicted molar refractivity (Wildman–Crippen MR) is 100 cm³/mol. The summed E-state index contributed by atoms with van der Waals surface area (Å²) in [5, 5.41) is 3.12. The second-order valence-electron chi connectivity index (χ2n) is 7.02. The second-order valence-corrected chi connectivity index (χ2v) is 7.02. The molecule has 4 rings (SSSR count). The number of carbonyl (C=O) groups excluding carboxylic acids is 1. The standard InChI is InChI=1S/C21H24N2O4/c1-15-3-2-4-17(11-15)21(24)22-13-18(23-7-9-25-10-8-23)16-5-6-19-20(12-16)27-14-26-19/h2-6,11-12,18H,7-10,13-14H2,1H3,(H,22,24)/p+1/t18-/m0/s1. The Balaban J connectivity index is 1.52. The van der Waals surface area contributed by atoms with Gasteiger partial charge in [-0.25, -0.2) is 0 Å². The summed E-state index contributed by atoms with van der Waals surface area (Å²) in [6.45, 7) is 6.12. The van der Waals surface area contributed by atoms with Gasteiger partial charge >= 0.3 is 0 Å². The van der Waals surface area contributed by atoms with Crippen LogP contribution in [0.25, 0.3) is 0 Å². The molecule has 1 amide bonds. The number of benzene rings is 2. The number of hydrogen-bond donors (Lipinski definition) is 2. The van der Waals surface area contributed by atoms with Gasteiger partial charge in [0.2, 0.25) is 6.79 Å². The number of morpholine rings is 1. The van der Waals surface area contributed by atoms with Crippen LogP contribution in [0.5, 0.6) is 11.5 Å². The summed E-state index contributed by atoms with van der Waals surface area (Å²) in [7, 11) is 0. The van der Waals surface area contributed by atoms with Crippen LogP contribution in [-0.4, -0.2) is 45.5 Å². The molecule has 0 bridgehead atoms. The smallest absolute Gasteiger partial charge is 0.251 e. The molecule has 2 N–H and O–H groups in total. The van der Waals surface area contributed by atoms with E-state index >= 15 is 0 Å². The number of quaternary nitrogens is 1. The van der Waals surface area contributed by atoms with Gasteiger partial charge in [-0.3, -0.25) is 4.79 Å². The molecule has 27 heavy (non-hydrogen) atoms. The highest BCUT2D eigenvalue weighted by molar-refractivity contribution is 5.94. The first kappa shape index (κ1) is 17.8. The molecule has 0 aliphatic carbocycles. The van der Waals surface area contributed by atoms with E-state index in [2.05, 4.69) is 11.4 Å². The molecule has 6 nitrogen and oxygen atoms in total. The second kappa shape index (κ2) is 7.98. The molecule has 0 unspecified atom stereocenters. The Morgan fingerprint density at radius 3 is 2.74 bits per heavy atom. The Kier molecular flexibility index (Phi) is 5.27. The fraction of sp³-hybridized carbons (Fsp3) is 0.381. The molecule has 6 heteroatoms. The maximum absolute atomic E-state index is 12.6. The first-order valence-corrected chi connectivity index (χ1v) is 9.37. The van der Waals surface area contributed by atoms with Crippen molar-refractivity contribution in [3.05, 3.63) is 59.2 Å². The van der Waals surface area contributed by atoms with Crippen molar-refractivity contribution < 1.29 is 23.9 Å². The van der Waals surface area contributed by atoms with E-state index in [1.165, 1.54) is 4.90 Å². The van der Waals surface area contributed by atoms with Gasteiger partial charge in [-0.05, 0) is 37.3 Å². The lowest BCUT2D eigenvalue weighted by atomic mass is 10.0. The third-order valence-electron chi connectivity index (χ3n) is 5.17. The molecular weight excluding hydrogens is 344 g/mol. The minimum absolute atomic E-state index is 0.0443. The molecule has 2 aliphatic heterocycles. The summed E-state index contributed by atoms with van der Waals surface area (Å²) in [4.78, 5) is 14.0. The van der Waals surface area contributed by atoms with Gasteiger partial charge in [-0.2, -0.15) is 0 Å². The van der Waals surface area contributed by atoms with E-state index in [0.29, 0.717) is 12.1 Å². The number of hydrogen-bond acceptors (Lipinski definition) is 4. The van der Waals surface area contributed by atoms with Crippen LogP contribution in [0.3, 0.4) is 0 Å². The number of ether oxygens (including phenoxy) is 3. The molecule has 2 aliphatic rings. The highest BCUT2D eigenvalue weighted by atomic mass is 16.7. The van der Waals surface area contributed by atoms with Crippen molar-refractivity contribution in [2.45, 2.75) is 13.0 Å². The first-order chi connectivity index (χ1) is 13.2. The summed E-state index contributed by atoms with van der Waals surface area (Å²) in [6, 6.07) is 13.8. The Labute approximate surface area is 159 Å². The van der Waals surface area contributed by atoms with E-state index in [4.69, 9.17) is 14.2 Å². The number of rotatable bonds is 5. The largest absolute Gasteiger partial charge is 0.454 e. The minimum atomic E-state index is -0.0443. The number of aryl methyl sites for hydroxylation is 1. The van der Waals surface area contributed by atoms with Gasteiger partial charge in [-0.1, -0.05) is 17.7 Å². The first-order valence-electron chi connectivity index (χ1n) is 9.37. The molecular formula is C21H25N2O4+. The number of amides is 1. The van der Waals surface area contributed by atoms with Crippen molar-refractivity contribution in [1.29, 1.82) is 0 Å². The molecule has 0 radical (unpaired) electrons. The van der Waals surface area contributed by atoms with Gasteiger partial charge < -0.3 is 24.4 Å². The monoisotopic (exact) mass is 369 g/mol. The van der Waals surface area contributed by atoms with Crippen LogP contribution < -0.4 is 19.7 Å². The minimum Gasteiger partial charge on any atom is -0.454 e. The highest BCUT2D eigenvalue weighted by Gasteiger charge is 2.28. The molecule has 0 spiro atoms. The zero-order valence-corrected chi connectivity index (χ0v) is 15.5. The Hall–Kier alpha value is -2.57. The molecule has 2 heterocycles. The molecule has 142 valence electrons. The van der Waals surface area contributed by atoms with Crippen LogP contribution in [0, 0.1) is 6.92 Å². The third-order valence-corrected chi connectivity index (χ3v) is 5.17. The summed E-state index contributed by atoms with van der Waals surface area (Å²) < 4.78 is 16.5. The maximum Gasteiger partial charge on any atom is 0.251 e. The van der Waals surface area contributed by atoms with E-state index in [0.717, 1.165) is 48.9 Å². The molecule has 1 atom stereocenters. The van der Waals surface area contributed by atoms with Crippen LogP contribution in [-0.2, 0) is 4.74 Å². The van der Waals surface area contributed by atoms with E-state index in [9.17, 15) is 4.79 Å². The molecule has 2 aromatic rings. The van der Waals surface area contributed by atoms with Gasteiger partial charge in [0.15, 0.2) is 11.5 Å². The summed E-state index contributed by atoms with van der Waals surface area (Å²) in [5.41, 5.74) is 2.91. The average molecular weight is 369 g/mol. The SMILES string of the molecule is Cc1cccc(C(=O)NC[C@@H](c2ccc3c(c2)OCO3)[NH+]2CCOCC2)c1. The number of carbonyl (C=O) groups is 1. The van der Waals surface area contributed by atoms with Crippen LogP contribution in [0.4, 0.5) is 0 Å². The van der Waals surface area contributed by atoms with Crippen molar-refractivity contribution in [1.82, 2.24) is 5.32 Å². The number of nitrogens with one attached hydrogen (secondary N) is 2. The maximum atomic E-state index is 12.6. The van der Waals surface area contributed by atoms with Crippen LogP contribution in [0.2, 0.25) is 0 Å². The summed E-state index contributed by atoms with van der Waals surface area (Å²) in [5.74, 6) is 1.51. The summed E-state index contributed by atoms with van der Waals surface area (Å²) >= 11 is 0. The third kappa shape index (κ3) is 4.07. The Morgan fingerprint density at radius 2 is 1.93 bits per heavy atom. The number of fused-ring (bicyclic) bond motifs is 1. The lowest BCUT2D eigenvalue weighted by Gasteiger charge is -2.32. The fourth-order valence-corrected chi connectivity index (χ4v) is 3.69. The summed E-state index contributed by atoms with van der Waals surface area (Å²) in [6.07, 6.45) is 0.